The van der Waals surface area contributed by atoms with E-state index in [4.69, 9.17) is 0 Å². The van der Waals surface area contributed by atoms with E-state index in [-0.39, 0.29) is 0 Å². The molecule has 0 aromatic heterocycles. The fourth-order valence-corrected chi connectivity index (χ4v) is 10.8. The van der Waals surface area contributed by atoms with Gasteiger partial charge in [0.2, 0.25) is 0 Å². The van der Waals surface area contributed by atoms with Gasteiger partial charge in [0.1, 0.15) is 0 Å². The molecule has 1 radical (unpaired) electrons. The third kappa shape index (κ3) is 6.03. The molecule has 4 aliphatic rings. The Morgan fingerprint density at radius 2 is 1.43 bits per heavy atom. The second-order valence-corrected chi connectivity index (χ2v) is 15.2. The second kappa shape index (κ2) is 12.2. The third-order valence-electron chi connectivity index (χ3n) is 12.8. The Hall–Kier alpha value is 0. The summed E-state index contributed by atoms with van der Waals surface area (Å²) in [5, 5.41) is 0. The Morgan fingerprint density at radius 1 is 0.714 bits per heavy atom. The van der Waals surface area contributed by atoms with Crippen LogP contribution < -0.4 is 0 Å². The molecule has 4 fully saturated rings. The van der Waals surface area contributed by atoms with Crippen LogP contribution in [0.15, 0.2) is 0 Å². The lowest BCUT2D eigenvalue weighted by Crippen LogP contribution is -2.53. The van der Waals surface area contributed by atoms with Crippen LogP contribution in [-0.4, -0.2) is 0 Å². The van der Waals surface area contributed by atoms with E-state index in [2.05, 4.69) is 41.5 Å². The van der Waals surface area contributed by atoms with Crippen LogP contribution in [-0.2, 0) is 0 Å². The Kier molecular flexibility index (Phi) is 9.80. The van der Waals surface area contributed by atoms with Gasteiger partial charge in [0, 0.05) is 0 Å². The number of unbranched alkanes of at least 4 members (excludes halogenated alkanes) is 5. The lowest BCUT2D eigenvalue weighted by atomic mass is 9.44. The van der Waals surface area contributed by atoms with E-state index in [1.54, 1.807) is 57.8 Å². The highest BCUT2D eigenvalue weighted by atomic mass is 14.6. The van der Waals surface area contributed by atoms with Crippen molar-refractivity contribution in [1.82, 2.24) is 0 Å². The van der Waals surface area contributed by atoms with Crippen molar-refractivity contribution in [2.75, 3.05) is 0 Å². The largest absolute Gasteiger partial charge is 0.0628 e. The van der Waals surface area contributed by atoms with Crippen LogP contribution in [0.25, 0.3) is 0 Å². The minimum absolute atomic E-state index is 0.659. The molecular weight excluding hydrogens is 420 g/mol. The van der Waals surface area contributed by atoms with Crippen LogP contribution in [0.5, 0.6) is 0 Å². The Labute approximate surface area is 221 Å². The first-order chi connectivity index (χ1) is 16.8. The van der Waals surface area contributed by atoms with Crippen molar-refractivity contribution in [1.29, 1.82) is 0 Å². The summed E-state index contributed by atoms with van der Waals surface area (Å²) in [4.78, 5) is 0. The van der Waals surface area contributed by atoms with E-state index in [1.807, 2.05) is 0 Å². The van der Waals surface area contributed by atoms with Gasteiger partial charge in [-0.3, -0.25) is 0 Å². The first-order valence-electron chi connectivity index (χ1n) is 16.6. The van der Waals surface area contributed by atoms with Gasteiger partial charge in [0.25, 0.3) is 0 Å². The summed E-state index contributed by atoms with van der Waals surface area (Å²) in [6.45, 7) is 17.0. The summed E-state index contributed by atoms with van der Waals surface area (Å²) < 4.78 is 0. The zero-order chi connectivity index (χ0) is 25.1. The van der Waals surface area contributed by atoms with Gasteiger partial charge in [-0.1, -0.05) is 106 Å². The van der Waals surface area contributed by atoms with Gasteiger partial charge in [-0.2, -0.15) is 0 Å². The summed E-state index contributed by atoms with van der Waals surface area (Å²) in [6, 6.07) is 0. The first kappa shape index (κ1) is 28.0. The smallest absolute Gasteiger partial charge is 0.0264 e. The normalized spacial score (nSPS) is 41.9. The molecule has 0 N–H and O–H groups in total. The molecule has 4 rings (SSSR count). The SMILES string of the molecule is [CH2]CCCCCCCC1CC[C@@]2(C)C(CCC3C2CC[C@@]2(C)C3CC[C@@H]2[C@H](C)CCCC(C)C)C1. The molecule has 0 spiro atoms. The van der Waals surface area contributed by atoms with Crippen LogP contribution in [0.4, 0.5) is 0 Å². The van der Waals surface area contributed by atoms with Crippen LogP contribution in [0.3, 0.4) is 0 Å². The minimum atomic E-state index is 0.659. The van der Waals surface area contributed by atoms with E-state index >= 15 is 0 Å². The molecule has 0 aliphatic heterocycles. The van der Waals surface area contributed by atoms with Crippen LogP contribution in [0.2, 0.25) is 0 Å². The second-order valence-electron chi connectivity index (χ2n) is 15.2. The maximum Gasteiger partial charge on any atom is -0.0264 e. The van der Waals surface area contributed by atoms with Gasteiger partial charge in [-0.15, -0.1) is 0 Å². The molecule has 0 aromatic carbocycles. The Balaban J connectivity index is 1.31. The van der Waals surface area contributed by atoms with Crippen molar-refractivity contribution < 1.29 is 0 Å². The summed E-state index contributed by atoms with van der Waals surface area (Å²) in [6.07, 6.45) is 28.3. The molecule has 0 nitrogen and oxygen atoms in total. The molecule has 5 unspecified atom stereocenters. The minimum Gasteiger partial charge on any atom is -0.0628 e. The summed E-state index contributed by atoms with van der Waals surface area (Å²) in [5.74, 6) is 8.09. The molecule has 0 saturated heterocycles. The number of fused-ring (bicyclic) bond motifs is 5. The number of hydrogen-bond donors (Lipinski definition) is 0. The van der Waals surface area contributed by atoms with Crippen molar-refractivity contribution in [2.24, 2.45) is 58.2 Å². The van der Waals surface area contributed by atoms with Gasteiger partial charge >= 0.3 is 0 Å². The lowest BCUT2D eigenvalue weighted by Gasteiger charge is -2.61. The fraction of sp³-hybridized carbons (Fsp3) is 0.971. The highest BCUT2D eigenvalue weighted by molar-refractivity contribution is 5.09. The maximum atomic E-state index is 4.00. The predicted molar refractivity (Wildman–Crippen MR) is 154 cm³/mol. The zero-order valence-corrected chi connectivity index (χ0v) is 24.8. The summed E-state index contributed by atoms with van der Waals surface area (Å²) in [5.41, 5.74) is 1.34. The van der Waals surface area contributed by atoms with Crippen molar-refractivity contribution >= 4 is 0 Å². The molecular formula is C35H63. The lowest BCUT2D eigenvalue weighted by molar-refractivity contribution is -0.121. The zero-order valence-electron chi connectivity index (χ0n) is 24.8. The molecule has 0 heterocycles. The average molecular weight is 484 g/mol. The topological polar surface area (TPSA) is 0 Å². The van der Waals surface area contributed by atoms with Gasteiger partial charge < -0.3 is 0 Å². The van der Waals surface area contributed by atoms with E-state index in [9.17, 15) is 0 Å². The molecule has 0 heteroatoms. The fourth-order valence-electron chi connectivity index (χ4n) is 10.8. The van der Waals surface area contributed by atoms with Crippen molar-refractivity contribution in [3.8, 4) is 0 Å². The standard InChI is InChI=1S/C35H63/c1-7-8-9-10-11-12-16-28-21-23-34(5)29(25-28)17-18-30-32-20-19-31(27(4)15-13-14-26(2)3)35(32,6)24-22-33(30)34/h26-33H,1,7-25H2,2-6H3/t27-,28?,29?,30?,31-,32?,33?,34+,35-/m1/s1. The van der Waals surface area contributed by atoms with E-state index in [0.29, 0.717) is 10.8 Å². The van der Waals surface area contributed by atoms with Crippen LogP contribution in [0, 0.1) is 65.1 Å². The highest BCUT2D eigenvalue weighted by Gasteiger charge is 2.60. The number of rotatable bonds is 12. The van der Waals surface area contributed by atoms with Gasteiger partial charge in [-0.25, -0.2) is 0 Å². The third-order valence-corrected chi connectivity index (χ3v) is 12.8. The summed E-state index contributed by atoms with van der Waals surface area (Å²) >= 11 is 0. The Bertz CT molecular complexity index is 634. The first-order valence-corrected chi connectivity index (χ1v) is 16.6. The molecule has 4 saturated carbocycles. The average Bonchev–Trinajstić information content (AvgIpc) is 3.18. The molecule has 35 heavy (non-hydrogen) atoms. The van der Waals surface area contributed by atoms with Gasteiger partial charge in [0.15, 0.2) is 0 Å². The van der Waals surface area contributed by atoms with E-state index < -0.39 is 0 Å². The van der Waals surface area contributed by atoms with Crippen LogP contribution >= 0.6 is 0 Å². The van der Waals surface area contributed by atoms with E-state index in [1.165, 1.54) is 57.8 Å². The van der Waals surface area contributed by atoms with Crippen molar-refractivity contribution in [3.63, 3.8) is 0 Å². The monoisotopic (exact) mass is 483 g/mol. The quantitative estimate of drug-likeness (QED) is 0.242. The van der Waals surface area contributed by atoms with Crippen molar-refractivity contribution in [2.45, 2.75) is 157 Å². The molecule has 0 amide bonds. The predicted octanol–water partition coefficient (Wildman–Crippen LogP) is 11.3. The van der Waals surface area contributed by atoms with Gasteiger partial charge in [-0.05, 0) is 116 Å². The van der Waals surface area contributed by atoms with Crippen LogP contribution in [0.1, 0.15) is 157 Å². The molecule has 4 aliphatic carbocycles. The molecule has 203 valence electrons. The van der Waals surface area contributed by atoms with E-state index in [0.717, 1.165) is 53.8 Å². The Morgan fingerprint density at radius 3 is 2.20 bits per heavy atom. The molecule has 0 bridgehead atoms. The maximum absolute atomic E-state index is 4.00. The van der Waals surface area contributed by atoms with Gasteiger partial charge in [0.05, 0.1) is 0 Å². The number of hydrogen-bond acceptors (Lipinski definition) is 0. The van der Waals surface area contributed by atoms with Crippen molar-refractivity contribution in [3.05, 3.63) is 6.92 Å². The molecule has 0 aromatic rings. The summed E-state index contributed by atoms with van der Waals surface area (Å²) in [7, 11) is 0. The molecule has 9 atom stereocenters. The highest BCUT2D eigenvalue weighted by Crippen LogP contribution is 2.68.